The number of rotatable bonds is 5. The van der Waals surface area contributed by atoms with E-state index in [4.69, 9.17) is 4.74 Å². The third-order valence-electron chi connectivity index (χ3n) is 3.09. The zero-order chi connectivity index (χ0) is 13.7. The van der Waals surface area contributed by atoms with Crippen LogP contribution in [-0.4, -0.2) is 34.2 Å². The number of sulfonamides is 1. The number of ether oxygens (including phenoxy) is 1. The van der Waals surface area contributed by atoms with Crippen LogP contribution in [0.25, 0.3) is 0 Å². The van der Waals surface area contributed by atoms with Crippen LogP contribution in [-0.2, 0) is 10.0 Å². The Kier molecular flexibility index (Phi) is 6.75. The van der Waals surface area contributed by atoms with E-state index in [9.17, 15) is 8.42 Å². The number of benzene rings is 1. The van der Waals surface area contributed by atoms with Crippen LogP contribution in [0, 0.1) is 0 Å². The van der Waals surface area contributed by atoms with Crippen molar-refractivity contribution in [2.45, 2.75) is 30.7 Å². The fourth-order valence-electron chi connectivity index (χ4n) is 2.13. The average Bonchev–Trinajstić information content (AvgIpc) is 2.40. The molecule has 0 atom stereocenters. The van der Waals surface area contributed by atoms with Gasteiger partial charge in [0.25, 0.3) is 0 Å². The Bertz CT molecular complexity index is 516. The highest BCUT2D eigenvalue weighted by Gasteiger charge is 2.21. The highest BCUT2D eigenvalue weighted by molar-refractivity contribution is 7.89. The molecule has 1 aromatic rings. The summed E-state index contributed by atoms with van der Waals surface area (Å²) >= 11 is 0. The predicted molar refractivity (Wildman–Crippen MR) is 81.1 cm³/mol. The predicted octanol–water partition coefficient (Wildman–Crippen LogP) is 1.54. The topological polar surface area (TPSA) is 67.4 Å². The van der Waals surface area contributed by atoms with Gasteiger partial charge >= 0.3 is 0 Å². The van der Waals surface area contributed by atoms with Crippen molar-refractivity contribution in [2.24, 2.45) is 0 Å². The molecule has 0 unspecified atom stereocenters. The minimum atomic E-state index is -3.46. The molecule has 0 amide bonds. The Morgan fingerprint density at radius 2 is 2.05 bits per heavy atom. The quantitative estimate of drug-likeness (QED) is 0.863. The molecule has 1 heterocycles. The van der Waals surface area contributed by atoms with Gasteiger partial charge in [0.15, 0.2) is 0 Å². The molecule has 0 aromatic heterocycles. The van der Waals surface area contributed by atoms with Gasteiger partial charge in [0.05, 0.1) is 11.5 Å². The average molecular weight is 321 g/mol. The van der Waals surface area contributed by atoms with Crippen LogP contribution < -0.4 is 14.8 Å². The molecule has 0 bridgehead atoms. The molecule has 2 N–H and O–H groups in total. The van der Waals surface area contributed by atoms with Crippen molar-refractivity contribution in [3.05, 3.63) is 24.3 Å². The Morgan fingerprint density at radius 3 is 2.70 bits per heavy atom. The Labute approximate surface area is 126 Å². The molecule has 0 spiro atoms. The first kappa shape index (κ1) is 17.2. The molecule has 20 heavy (non-hydrogen) atoms. The Morgan fingerprint density at radius 1 is 1.35 bits per heavy atom. The number of halogens is 1. The van der Waals surface area contributed by atoms with Crippen molar-refractivity contribution >= 4 is 22.4 Å². The SMILES string of the molecule is CCOc1cccc(S(=O)(=O)NC2CCNCC2)c1.Cl. The molecule has 7 heteroatoms. The second-order valence-corrected chi connectivity index (χ2v) is 6.27. The lowest BCUT2D eigenvalue weighted by Crippen LogP contribution is -2.42. The third kappa shape index (κ3) is 4.63. The Hall–Kier alpha value is -0.820. The van der Waals surface area contributed by atoms with E-state index in [1.54, 1.807) is 24.3 Å². The molecule has 1 aromatic carbocycles. The van der Waals surface area contributed by atoms with Gasteiger partial charge in [-0.25, -0.2) is 13.1 Å². The van der Waals surface area contributed by atoms with Crippen molar-refractivity contribution in [3.8, 4) is 5.75 Å². The third-order valence-corrected chi connectivity index (χ3v) is 4.61. The van der Waals surface area contributed by atoms with Crippen molar-refractivity contribution in [3.63, 3.8) is 0 Å². The van der Waals surface area contributed by atoms with E-state index in [0.29, 0.717) is 12.4 Å². The van der Waals surface area contributed by atoms with Crippen molar-refractivity contribution in [1.82, 2.24) is 10.0 Å². The first-order chi connectivity index (χ1) is 9.12. The second-order valence-electron chi connectivity index (χ2n) is 4.55. The van der Waals surface area contributed by atoms with E-state index in [1.807, 2.05) is 6.92 Å². The number of nitrogens with one attached hydrogen (secondary N) is 2. The molecule has 0 aliphatic carbocycles. The van der Waals surface area contributed by atoms with Crippen LogP contribution in [0.5, 0.6) is 5.75 Å². The number of hydrogen-bond acceptors (Lipinski definition) is 4. The van der Waals surface area contributed by atoms with Gasteiger partial charge in [-0.15, -0.1) is 12.4 Å². The fraction of sp³-hybridized carbons (Fsp3) is 0.538. The maximum Gasteiger partial charge on any atom is 0.240 e. The van der Waals surface area contributed by atoms with Crippen LogP contribution in [0.4, 0.5) is 0 Å². The minimum absolute atomic E-state index is 0. The molecule has 2 rings (SSSR count). The normalized spacial score (nSPS) is 16.4. The molecular weight excluding hydrogens is 300 g/mol. The van der Waals surface area contributed by atoms with E-state index in [1.165, 1.54) is 0 Å². The molecule has 1 aliphatic rings. The molecule has 1 aliphatic heterocycles. The molecule has 0 radical (unpaired) electrons. The van der Waals surface area contributed by atoms with Gasteiger partial charge < -0.3 is 10.1 Å². The zero-order valence-corrected chi connectivity index (χ0v) is 13.1. The number of piperidine rings is 1. The van der Waals surface area contributed by atoms with Crippen LogP contribution in [0.3, 0.4) is 0 Å². The maximum absolute atomic E-state index is 12.3. The van der Waals surface area contributed by atoms with Crippen molar-refractivity contribution < 1.29 is 13.2 Å². The summed E-state index contributed by atoms with van der Waals surface area (Å²) in [6, 6.07) is 6.62. The first-order valence-electron chi connectivity index (χ1n) is 6.58. The van der Waals surface area contributed by atoms with Crippen LogP contribution in [0.1, 0.15) is 19.8 Å². The summed E-state index contributed by atoms with van der Waals surface area (Å²) in [5.74, 6) is 0.579. The lowest BCUT2D eigenvalue weighted by atomic mass is 10.1. The van der Waals surface area contributed by atoms with Crippen molar-refractivity contribution in [1.29, 1.82) is 0 Å². The first-order valence-corrected chi connectivity index (χ1v) is 8.06. The smallest absolute Gasteiger partial charge is 0.240 e. The van der Waals surface area contributed by atoms with E-state index in [-0.39, 0.29) is 23.3 Å². The van der Waals surface area contributed by atoms with E-state index in [0.717, 1.165) is 25.9 Å². The summed E-state index contributed by atoms with van der Waals surface area (Å²) in [6.45, 7) is 4.10. The van der Waals surface area contributed by atoms with E-state index < -0.39 is 10.0 Å². The van der Waals surface area contributed by atoms with E-state index in [2.05, 4.69) is 10.0 Å². The Balaban J connectivity index is 0.00000200. The molecule has 114 valence electrons. The van der Waals surface area contributed by atoms with Gasteiger partial charge in [-0.1, -0.05) is 6.07 Å². The molecular formula is C13H21ClN2O3S. The lowest BCUT2D eigenvalue weighted by molar-refractivity contribution is 0.339. The number of hydrogen-bond donors (Lipinski definition) is 2. The van der Waals surface area contributed by atoms with Gasteiger partial charge in [-0.2, -0.15) is 0 Å². The molecule has 0 saturated carbocycles. The summed E-state index contributed by atoms with van der Waals surface area (Å²) < 4.78 is 32.6. The summed E-state index contributed by atoms with van der Waals surface area (Å²) in [5.41, 5.74) is 0. The fourth-order valence-corrected chi connectivity index (χ4v) is 3.46. The van der Waals surface area contributed by atoms with Gasteiger partial charge in [0, 0.05) is 12.1 Å². The molecule has 1 saturated heterocycles. The van der Waals surface area contributed by atoms with Crippen molar-refractivity contribution in [2.75, 3.05) is 19.7 Å². The lowest BCUT2D eigenvalue weighted by Gasteiger charge is -2.23. The van der Waals surface area contributed by atoms with Crippen LogP contribution in [0.2, 0.25) is 0 Å². The summed E-state index contributed by atoms with van der Waals surface area (Å²) in [5, 5.41) is 3.21. The van der Waals surface area contributed by atoms with Gasteiger partial charge in [0.2, 0.25) is 10.0 Å². The second kappa shape index (κ2) is 7.83. The van der Waals surface area contributed by atoms with Crippen LogP contribution >= 0.6 is 12.4 Å². The standard InChI is InChI=1S/C13H20N2O3S.ClH/c1-2-18-12-4-3-5-13(10-12)19(16,17)15-11-6-8-14-9-7-11;/h3-5,10-11,14-15H,2,6-9H2,1H3;1H. The molecule has 1 fully saturated rings. The summed E-state index contributed by atoms with van der Waals surface area (Å²) in [4.78, 5) is 0.261. The summed E-state index contributed by atoms with van der Waals surface area (Å²) in [7, 11) is -3.46. The highest BCUT2D eigenvalue weighted by Crippen LogP contribution is 2.18. The highest BCUT2D eigenvalue weighted by atomic mass is 35.5. The summed E-state index contributed by atoms with van der Waals surface area (Å²) in [6.07, 6.45) is 1.65. The van der Waals surface area contributed by atoms with Crippen LogP contribution in [0.15, 0.2) is 29.2 Å². The maximum atomic E-state index is 12.3. The molecule has 5 nitrogen and oxygen atoms in total. The van der Waals surface area contributed by atoms with Gasteiger partial charge in [-0.3, -0.25) is 0 Å². The van der Waals surface area contributed by atoms with Gasteiger partial charge in [-0.05, 0) is 45.0 Å². The largest absolute Gasteiger partial charge is 0.494 e. The zero-order valence-electron chi connectivity index (χ0n) is 11.5. The monoisotopic (exact) mass is 320 g/mol. The van der Waals surface area contributed by atoms with Gasteiger partial charge in [0.1, 0.15) is 5.75 Å². The van der Waals surface area contributed by atoms with E-state index >= 15 is 0 Å². The minimum Gasteiger partial charge on any atom is -0.494 e.